The first-order chi connectivity index (χ1) is 18.7. The summed E-state index contributed by atoms with van der Waals surface area (Å²) in [6.45, 7) is 3.24. The maximum atomic E-state index is 13.7. The lowest BCUT2D eigenvalue weighted by atomic mass is 10.1. The Labute approximate surface area is 226 Å². The Morgan fingerprint density at radius 1 is 1.13 bits per heavy atom. The second-order valence-electron chi connectivity index (χ2n) is 10.4. The topological polar surface area (TPSA) is 69.2 Å². The number of alkyl halides is 3. The van der Waals surface area contributed by atoms with E-state index >= 15 is 0 Å². The molecule has 0 spiro atoms. The Morgan fingerprint density at radius 3 is 2.62 bits per heavy atom. The molecule has 3 aliphatic rings. The van der Waals surface area contributed by atoms with Crippen molar-refractivity contribution < 1.29 is 27.5 Å². The molecule has 0 unspecified atom stereocenters. The number of halogens is 3. The fourth-order valence-electron chi connectivity index (χ4n) is 5.33. The predicted octanol–water partition coefficient (Wildman–Crippen LogP) is 3.66. The van der Waals surface area contributed by atoms with Crippen molar-refractivity contribution >= 4 is 17.5 Å². The second kappa shape index (κ2) is 11.4. The molecule has 0 N–H and O–H groups in total. The minimum Gasteiger partial charge on any atom is -0.489 e. The number of anilines is 1. The van der Waals surface area contributed by atoms with Gasteiger partial charge in [-0.3, -0.25) is 14.6 Å². The molecule has 11 heteroatoms. The van der Waals surface area contributed by atoms with Crippen molar-refractivity contribution in [3.05, 3.63) is 53.3 Å². The third kappa shape index (κ3) is 6.29. The van der Waals surface area contributed by atoms with Gasteiger partial charge in [0, 0.05) is 32.4 Å². The molecule has 0 radical (unpaired) electrons. The molecule has 1 aliphatic carbocycles. The summed E-state index contributed by atoms with van der Waals surface area (Å²) in [6, 6.07) is 7.80. The van der Waals surface area contributed by atoms with Gasteiger partial charge in [-0.05, 0) is 63.0 Å². The van der Waals surface area contributed by atoms with Gasteiger partial charge in [0.25, 0.3) is 5.91 Å². The van der Waals surface area contributed by atoms with E-state index in [4.69, 9.17) is 4.74 Å². The Hall–Kier alpha value is -3.34. The van der Waals surface area contributed by atoms with Gasteiger partial charge in [0.1, 0.15) is 6.61 Å². The number of benzene rings is 1. The molecular formula is C28H34F3N5O3. The third-order valence-corrected chi connectivity index (χ3v) is 7.61. The number of para-hydroxylation sites is 1. The van der Waals surface area contributed by atoms with Gasteiger partial charge in [-0.15, -0.1) is 0 Å². The maximum absolute atomic E-state index is 13.7. The number of rotatable bonds is 9. The van der Waals surface area contributed by atoms with Gasteiger partial charge in [0.15, 0.2) is 5.75 Å². The average Bonchev–Trinajstić information content (AvgIpc) is 3.64. The lowest BCUT2D eigenvalue weighted by Crippen LogP contribution is -2.43. The highest BCUT2D eigenvalue weighted by atomic mass is 19.4. The monoisotopic (exact) mass is 545 g/mol. The predicted molar refractivity (Wildman–Crippen MR) is 140 cm³/mol. The van der Waals surface area contributed by atoms with E-state index in [0.29, 0.717) is 43.2 Å². The van der Waals surface area contributed by atoms with Crippen molar-refractivity contribution in [1.29, 1.82) is 0 Å². The standard InChI is InChI=1S/C28H34F3N5O3/c1-33(24-8-4-6-21-26(24)39-17-16-36(27(21)38)20-9-10-20)19-25(37)35(15-14-34-12-2-3-13-34)18-23-22(28(29,30)31)7-5-11-32-23/h4-8,11,20H,2-3,9-10,12-19H2,1H3. The van der Waals surface area contributed by atoms with Crippen LogP contribution in [-0.4, -0.2) is 90.5 Å². The molecule has 0 atom stereocenters. The molecule has 8 nitrogen and oxygen atoms in total. The summed E-state index contributed by atoms with van der Waals surface area (Å²) in [4.78, 5) is 38.0. The van der Waals surface area contributed by atoms with Crippen LogP contribution in [-0.2, 0) is 17.5 Å². The zero-order valence-electron chi connectivity index (χ0n) is 22.1. The summed E-state index contributed by atoms with van der Waals surface area (Å²) >= 11 is 0. The number of hydrogen-bond donors (Lipinski definition) is 0. The Kier molecular flexibility index (Phi) is 7.97. The molecule has 5 rings (SSSR count). The SMILES string of the molecule is CN(CC(=O)N(CCN1CCCC1)Cc1ncccc1C(F)(F)F)c1cccc2c1OCCN(C1CC1)C2=O. The van der Waals surface area contributed by atoms with Gasteiger partial charge in [-0.2, -0.15) is 13.2 Å². The number of likely N-dealkylation sites (tertiary alicyclic amines) is 1. The average molecular weight is 546 g/mol. The van der Waals surface area contributed by atoms with Gasteiger partial charge < -0.3 is 24.3 Å². The maximum Gasteiger partial charge on any atom is 0.418 e. The molecule has 210 valence electrons. The van der Waals surface area contributed by atoms with E-state index in [9.17, 15) is 22.8 Å². The molecule has 2 aromatic rings. The lowest BCUT2D eigenvalue weighted by Gasteiger charge is -2.29. The van der Waals surface area contributed by atoms with Crippen LogP contribution in [0.3, 0.4) is 0 Å². The minimum absolute atomic E-state index is 0.0753. The van der Waals surface area contributed by atoms with Crippen LogP contribution >= 0.6 is 0 Å². The highest BCUT2D eigenvalue weighted by Crippen LogP contribution is 2.37. The first-order valence-corrected chi connectivity index (χ1v) is 13.5. The molecule has 1 aromatic heterocycles. The number of amides is 2. The van der Waals surface area contributed by atoms with Crippen LogP contribution in [0, 0.1) is 0 Å². The van der Waals surface area contributed by atoms with Crippen LogP contribution in [0.15, 0.2) is 36.5 Å². The van der Waals surface area contributed by atoms with E-state index < -0.39 is 11.7 Å². The molecule has 2 amide bonds. The number of nitrogens with zero attached hydrogens (tertiary/aromatic N) is 5. The van der Waals surface area contributed by atoms with Crippen molar-refractivity contribution in [3.8, 4) is 5.75 Å². The van der Waals surface area contributed by atoms with Gasteiger partial charge in [0.05, 0.1) is 42.1 Å². The number of ether oxygens (including phenoxy) is 1. The van der Waals surface area contributed by atoms with E-state index in [2.05, 4.69) is 9.88 Å². The highest BCUT2D eigenvalue weighted by molar-refractivity contribution is 6.00. The number of pyridine rings is 1. The number of hydrogen-bond acceptors (Lipinski definition) is 6. The first kappa shape index (κ1) is 27.2. The molecule has 1 aromatic carbocycles. The van der Waals surface area contributed by atoms with Crippen LogP contribution in [0.2, 0.25) is 0 Å². The minimum atomic E-state index is -4.57. The van der Waals surface area contributed by atoms with Crippen molar-refractivity contribution in [2.24, 2.45) is 0 Å². The van der Waals surface area contributed by atoms with Crippen LogP contribution < -0.4 is 9.64 Å². The quantitative estimate of drug-likeness (QED) is 0.479. The normalized spacial score (nSPS) is 17.9. The van der Waals surface area contributed by atoms with Crippen LogP contribution in [0.1, 0.15) is 47.3 Å². The highest BCUT2D eigenvalue weighted by Gasteiger charge is 2.37. The molecule has 1 saturated heterocycles. The molecule has 0 bridgehead atoms. The van der Waals surface area contributed by atoms with Crippen molar-refractivity contribution in [1.82, 2.24) is 19.7 Å². The summed E-state index contributed by atoms with van der Waals surface area (Å²) in [5, 5.41) is 0. The number of carbonyl (C=O) groups is 2. The van der Waals surface area contributed by atoms with Gasteiger partial charge in [-0.1, -0.05) is 6.07 Å². The number of fused-ring (bicyclic) bond motifs is 1. The fraction of sp³-hybridized carbons (Fsp3) is 0.536. The number of aromatic nitrogens is 1. The molecule has 3 heterocycles. The van der Waals surface area contributed by atoms with Crippen molar-refractivity contribution in [2.75, 3.05) is 57.8 Å². The van der Waals surface area contributed by atoms with E-state index in [-0.39, 0.29) is 36.6 Å². The van der Waals surface area contributed by atoms with E-state index in [1.165, 1.54) is 17.2 Å². The summed E-state index contributed by atoms with van der Waals surface area (Å²) in [5.74, 6) is 0.0370. The zero-order chi connectivity index (χ0) is 27.6. The molecular weight excluding hydrogens is 511 g/mol. The van der Waals surface area contributed by atoms with Gasteiger partial charge in [-0.25, -0.2) is 0 Å². The summed E-state index contributed by atoms with van der Waals surface area (Å²) in [7, 11) is 1.73. The van der Waals surface area contributed by atoms with Gasteiger partial charge in [0.2, 0.25) is 5.91 Å². The summed E-state index contributed by atoms with van der Waals surface area (Å²) < 4.78 is 47.0. The largest absolute Gasteiger partial charge is 0.489 e. The Balaban J connectivity index is 1.35. The fourth-order valence-corrected chi connectivity index (χ4v) is 5.33. The molecule has 1 saturated carbocycles. The lowest BCUT2D eigenvalue weighted by molar-refractivity contribution is -0.140. The van der Waals surface area contributed by atoms with E-state index in [0.717, 1.165) is 44.8 Å². The number of likely N-dealkylation sites (N-methyl/N-ethyl adjacent to an activating group) is 1. The summed E-state index contributed by atoms with van der Waals surface area (Å²) in [5.41, 5.74) is 0.0495. The van der Waals surface area contributed by atoms with Crippen molar-refractivity contribution in [3.63, 3.8) is 0 Å². The zero-order valence-corrected chi connectivity index (χ0v) is 22.1. The second-order valence-corrected chi connectivity index (χ2v) is 10.4. The van der Waals surface area contributed by atoms with Crippen LogP contribution in [0.4, 0.5) is 18.9 Å². The third-order valence-electron chi connectivity index (χ3n) is 7.61. The molecule has 2 fully saturated rings. The van der Waals surface area contributed by atoms with Crippen molar-refractivity contribution in [2.45, 2.75) is 44.4 Å². The summed E-state index contributed by atoms with van der Waals surface area (Å²) in [6.07, 6.45) is 0.891. The molecule has 39 heavy (non-hydrogen) atoms. The van der Waals surface area contributed by atoms with Crippen LogP contribution in [0.5, 0.6) is 5.75 Å². The van der Waals surface area contributed by atoms with E-state index in [1.807, 2.05) is 4.90 Å². The number of carbonyl (C=O) groups excluding carboxylic acids is 2. The van der Waals surface area contributed by atoms with Crippen LogP contribution in [0.25, 0.3) is 0 Å². The smallest absolute Gasteiger partial charge is 0.418 e. The van der Waals surface area contributed by atoms with Gasteiger partial charge >= 0.3 is 6.18 Å². The van der Waals surface area contributed by atoms with E-state index in [1.54, 1.807) is 30.1 Å². The molecule has 2 aliphatic heterocycles. The first-order valence-electron chi connectivity index (χ1n) is 13.5. The Morgan fingerprint density at radius 2 is 1.90 bits per heavy atom. The Bertz CT molecular complexity index is 1200.